The molecule has 0 amide bonds. The van der Waals surface area contributed by atoms with Gasteiger partial charge in [0.25, 0.3) is 0 Å². The number of esters is 1. The molecule has 1 aromatic carbocycles. The van der Waals surface area contributed by atoms with Gasteiger partial charge in [-0.2, -0.15) is 0 Å². The van der Waals surface area contributed by atoms with Crippen LogP contribution in [-0.2, 0) is 4.74 Å². The third kappa shape index (κ3) is 3.64. The lowest BCUT2D eigenvalue weighted by Gasteiger charge is -2.21. The predicted octanol–water partition coefficient (Wildman–Crippen LogP) is 3.97. The smallest absolute Gasteiger partial charge is 0.339 e. The van der Waals surface area contributed by atoms with E-state index in [0.29, 0.717) is 22.5 Å². The molecule has 100 valence electrons. The molecule has 2 atom stereocenters. The van der Waals surface area contributed by atoms with Crippen LogP contribution >= 0.6 is 11.6 Å². The van der Waals surface area contributed by atoms with Crippen LogP contribution in [0.5, 0.6) is 0 Å². The highest BCUT2D eigenvalue weighted by atomic mass is 35.5. The Bertz CT molecular complexity index is 420. The van der Waals surface area contributed by atoms with Crippen molar-refractivity contribution in [2.24, 2.45) is 5.92 Å². The van der Waals surface area contributed by atoms with Crippen LogP contribution < -0.4 is 5.32 Å². The largest absolute Gasteiger partial charge is 0.465 e. The van der Waals surface area contributed by atoms with Gasteiger partial charge >= 0.3 is 5.97 Å². The van der Waals surface area contributed by atoms with E-state index in [9.17, 15) is 4.79 Å². The van der Waals surface area contributed by atoms with E-state index in [4.69, 9.17) is 16.3 Å². The number of benzene rings is 1. The lowest BCUT2D eigenvalue weighted by Crippen LogP contribution is -2.23. The zero-order chi connectivity index (χ0) is 13.7. The van der Waals surface area contributed by atoms with Gasteiger partial charge in [-0.05, 0) is 31.0 Å². The summed E-state index contributed by atoms with van der Waals surface area (Å²) in [5.74, 6) is 0.141. The first-order valence-corrected chi connectivity index (χ1v) is 6.51. The molecule has 4 heteroatoms. The number of hydrogen-bond acceptors (Lipinski definition) is 3. The van der Waals surface area contributed by atoms with Crippen LogP contribution in [0.4, 0.5) is 5.69 Å². The minimum Gasteiger partial charge on any atom is -0.465 e. The first kappa shape index (κ1) is 14.8. The van der Waals surface area contributed by atoms with E-state index < -0.39 is 5.97 Å². The number of hydrogen-bond donors (Lipinski definition) is 1. The van der Waals surface area contributed by atoms with E-state index in [1.165, 1.54) is 7.11 Å². The fourth-order valence-electron chi connectivity index (χ4n) is 1.64. The molecular weight excluding hydrogens is 250 g/mol. The molecular formula is C14H20ClNO2. The second kappa shape index (κ2) is 6.64. The molecule has 18 heavy (non-hydrogen) atoms. The third-order valence-electron chi connectivity index (χ3n) is 3.26. The third-order valence-corrected chi connectivity index (χ3v) is 3.59. The van der Waals surface area contributed by atoms with Gasteiger partial charge in [0.1, 0.15) is 0 Å². The fraction of sp³-hybridized carbons (Fsp3) is 0.500. The quantitative estimate of drug-likeness (QED) is 0.822. The molecule has 2 unspecified atom stereocenters. The maximum absolute atomic E-state index is 11.5. The summed E-state index contributed by atoms with van der Waals surface area (Å²) in [6.45, 7) is 6.47. The van der Waals surface area contributed by atoms with Crippen molar-refractivity contribution in [3.05, 3.63) is 28.8 Å². The van der Waals surface area contributed by atoms with E-state index in [1.807, 2.05) is 6.07 Å². The topological polar surface area (TPSA) is 38.3 Å². The molecule has 0 spiro atoms. The summed E-state index contributed by atoms with van der Waals surface area (Å²) >= 11 is 5.97. The number of nitrogens with one attached hydrogen (secondary N) is 1. The van der Waals surface area contributed by atoms with Crippen molar-refractivity contribution in [2.75, 3.05) is 12.4 Å². The van der Waals surface area contributed by atoms with Crippen LogP contribution in [0.2, 0.25) is 5.02 Å². The van der Waals surface area contributed by atoms with Crippen molar-refractivity contribution in [1.82, 2.24) is 0 Å². The Kier molecular flexibility index (Phi) is 5.48. The van der Waals surface area contributed by atoms with Gasteiger partial charge in [-0.3, -0.25) is 0 Å². The molecule has 0 aromatic heterocycles. The van der Waals surface area contributed by atoms with E-state index in [1.54, 1.807) is 12.1 Å². The molecule has 1 aromatic rings. The first-order chi connectivity index (χ1) is 8.49. The average molecular weight is 270 g/mol. The Morgan fingerprint density at radius 2 is 2.11 bits per heavy atom. The summed E-state index contributed by atoms with van der Waals surface area (Å²) in [6.07, 6.45) is 1.10. The van der Waals surface area contributed by atoms with Crippen LogP contribution in [-0.4, -0.2) is 19.1 Å². The molecule has 0 bridgehead atoms. The lowest BCUT2D eigenvalue weighted by atomic mass is 10.0. The van der Waals surface area contributed by atoms with Crippen LogP contribution in [0, 0.1) is 5.92 Å². The summed E-state index contributed by atoms with van der Waals surface area (Å²) in [5, 5.41) is 3.78. The second-order valence-corrected chi connectivity index (χ2v) is 4.91. The van der Waals surface area contributed by atoms with Crippen molar-refractivity contribution in [3.63, 3.8) is 0 Å². The summed E-state index contributed by atoms with van der Waals surface area (Å²) in [7, 11) is 1.35. The van der Waals surface area contributed by atoms with Crippen molar-refractivity contribution < 1.29 is 9.53 Å². The van der Waals surface area contributed by atoms with Gasteiger partial charge in [0.05, 0.1) is 17.7 Å². The minimum absolute atomic E-state index is 0.335. The Morgan fingerprint density at radius 1 is 1.44 bits per heavy atom. The lowest BCUT2D eigenvalue weighted by molar-refractivity contribution is 0.0601. The molecule has 1 N–H and O–H groups in total. The zero-order valence-electron chi connectivity index (χ0n) is 11.3. The standard InChI is InChI=1S/C14H20ClNO2/c1-5-9(2)10(3)16-11-6-7-13(15)12(8-11)14(17)18-4/h6-10,16H,5H2,1-4H3. The van der Waals surface area contributed by atoms with E-state index in [0.717, 1.165) is 12.1 Å². The van der Waals surface area contributed by atoms with Crippen molar-refractivity contribution >= 4 is 23.3 Å². The Balaban J connectivity index is 2.88. The molecule has 0 heterocycles. The van der Waals surface area contributed by atoms with Crippen LogP contribution in [0.3, 0.4) is 0 Å². The molecule has 0 fully saturated rings. The van der Waals surface area contributed by atoms with E-state index in [-0.39, 0.29) is 0 Å². The molecule has 0 aliphatic heterocycles. The molecule has 1 rings (SSSR count). The molecule has 0 saturated carbocycles. The average Bonchev–Trinajstić information content (AvgIpc) is 2.38. The summed E-state index contributed by atoms with van der Waals surface area (Å²) in [6, 6.07) is 5.64. The number of halogens is 1. The van der Waals surface area contributed by atoms with E-state index >= 15 is 0 Å². The van der Waals surface area contributed by atoms with Gasteiger partial charge in [0, 0.05) is 11.7 Å². The molecule has 3 nitrogen and oxygen atoms in total. The number of ether oxygens (including phenoxy) is 1. The molecule has 0 aliphatic rings. The summed E-state index contributed by atoms with van der Waals surface area (Å²) in [5.41, 5.74) is 1.27. The van der Waals surface area contributed by atoms with Gasteiger partial charge in [0.2, 0.25) is 0 Å². The highest BCUT2D eigenvalue weighted by molar-refractivity contribution is 6.33. The Labute approximate surface area is 113 Å². The second-order valence-electron chi connectivity index (χ2n) is 4.50. The fourth-order valence-corrected chi connectivity index (χ4v) is 1.83. The highest BCUT2D eigenvalue weighted by Crippen LogP contribution is 2.23. The monoisotopic (exact) mass is 269 g/mol. The SMILES string of the molecule is CCC(C)C(C)Nc1ccc(Cl)c(C(=O)OC)c1. The first-order valence-electron chi connectivity index (χ1n) is 6.14. The van der Waals surface area contributed by atoms with Crippen LogP contribution in [0.1, 0.15) is 37.6 Å². The van der Waals surface area contributed by atoms with Gasteiger partial charge < -0.3 is 10.1 Å². The van der Waals surface area contributed by atoms with Gasteiger partial charge in [0.15, 0.2) is 0 Å². The molecule has 0 aliphatic carbocycles. The maximum atomic E-state index is 11.5. The Morgan fingerprint density at radius 3 is 2.67 bits per heavy atom. The number of carbonyl (C=O) groups excluding carboxylic acids is 1. The number of rotatable bonds is 5. The number of methoxy groups -OCH3 is 1. The van der Waals surface area contributed by atoms with Crippen LogP contribution in [0.25, 0.3) is 0 Å². The summed E-state index contributed by atoms with van der Waals surface area (Å²) in [4.78, 5) is 11.5. The van der Waals surface area contributed by atoms with Crippen molar-refractivity contribution in [2.45, 2.75) is 33.2 Å². The van der Waals surface area contributed by atoms with Gasteiger partial charge in [-0.15, -0.1) is 0 Å². The molecule has 0 saturated heterocycles. The van der Waals surface area contributed by atoms with Crippen LogP contribution in [0.15, 0.2) is 18.2 Å². The highest BCUT2D eigenvalue weighted by Gasteiger charge is 2.14. The molecule has 0 radical (unpaired) electrons. The predicted molar refractivity (Wildman–Crippen MR) is 75.3 cm³/mol. The Hall–Kier alpha value is -1.22. The number of carbonyl (C=O) groups is 1. The van der Waals surface area contributed by atoms with Gasteiger partial charge in [-0.1, -0.05) is 31.9 Å². The maximum Gasteiger partial charge on any atom is 0.339 e. The van der Waals surface area contributed by atoms with Crippen molar-refractivity contribution in [3.8, 4) is 0 Å². The van der Waals surface area contributed by atoms with E-state index in [2.05, 4.69) is 26.1 Å². The normalized spacial score (nSPS) is 13.8. The van der Waals surface area contributed by atoms with Gasteiger partial charge in [-0.25, -0.2) is 4.79 Å². The minimum atomic E-state index is -0.417. The zero-order valence-corrected chi connectivity index (χ0v) is 12.0. The van der Waals surface area contributed by atoms with Crippen molar-refractivity contribution in [1.29, 1.82) is 0 Å². The summed E-state index contributed by atoms with van der Waals surface area (Å²) < 4.78 is 4.69. The number of anilines is 1.